The standard InChI is InChI=1S/C14H9Br3ClF/c1-7-2-3-10(15)8(4-7)14(17)9-5-12(18)11(16)6-13(9)19/h2-6,14H,1H3. The minimum absolute atomic E-state index is 0.257. The molecule has 0 radical (unpaired) electrons. The van der Waals surface area contributed by atoms with Crippen molar-refractivity contribution in [1.82, 2.24) is 0 Å². The molecule has 1 unspecified atom stereocenters. The summed E-state index contributed by atoms with van der Waals surface area (Å²) in [6.45, 7) is 2.00. The van der Waals surface area contributed by atoms with E-state index < -0.39 is 0 Å². The molecule has 100 valence electrons. The van der Waals surface area contributed by atoms with E-state index in [9.17, 15) is 4.39 Å². The van der Waals surface area contributed by atoms with Crippen LogP contribution in [0.1, 0.15) is 21.5 Å². The van der Waals surface area contributed by atoms with Crippen LogP contribution in [0.4, 0.5) is 4.39 Å². The van der Waals surface area contributed by atoms with Gasteiger partial charge in [-0.2, -0.15) is 0 Å². The predicted molar refractivity (Wildman–Crippen MR) is 88.8 cm³/mol. The van der Waals surface area contributed by atoms with E-state index in [0.717, 1.165) is 15.6 Å². The van der Waals surface area contributed by atoms with Crippen LogP contribution in [0.3, 0.4) is 0 Å². The summed E-state index contributed by atoms with van der Waals surface area (Å²) >= 11 is 16.3. The number of rotatable bonds is 2. The Hall–Kier alpha value is 0.1000. The van der Waals surface area contributed by atoms with Crippen LogP contribution in [0, 0.1) is 12.7 Å². The molecule has 0 N–H and O–H groups in total. The highest BCUT2D eigenvalue weighted by Crippen LogP contribution is 2.39. The second-order valence-electron chi connectivity index (χ2n) is 4.18. The zero-order chi connectivity index (χ0) is 14.2. The molecule has 2 rings (SSSR count). The summed E-state index contributed by atoms with van der Waals surface area (Å²) in [6, 6.07) is 8.99. The highest BCUT2D eigenvalue weighted by molar-refractivity contribution is 9.11. The van der Waals surface area contributed by atoms with E-state index in [1.165, 1.54) is 6.07 Å². The summed E-state index contributed by atoms with van der Waals surface area (Å²) in [4.78, 5) is -0.257. The minimum Gasteiger partial charge on any atom is -0.207 e. The van der Waals surface area contributed by atoms with E-state index in [1.807, 2.05) is 25.1 Å². The first-order chi connectivity index (χ1) is 8.90. The molecule has 0 aliphatic carbocycles. The van der Waals surface area contributed by atoms with Gasteiger partial charge in [0.2, 0.25) is 0 Å². The fourth-order valence-electron chi connectivity index (χ4n) is 1.76. The molecule has 2 aromatic rings. The van der Waals surface area contributed by atoms with E-state index in [2.05, 4.69) is 47.8 Å². The van der Waals surface area contributed by atoms with Crippen LogP contribution in [0.2, 0.25) is 5.02 Å². The molecule has 0 spiro atoms. The molecule has 0 heterocycles. The number of hydrogen-bond donors (Lipinski definition) is 0. The van der Waals surface area contributed by atoms with Crippen molar-refractivity contribution in [2.75, 3.05) is 0 Å². The highest BCUT2D eigenvalue weighted by Gasteiger charge is 2.19. The lowest BCUT2D eigenvalue weighted by atomic mass is 10.0. The minimum atomic E-state index is -0.299. The Morgan fingerprint density at radius 3 is 2.42 bits per heavy atom. The monoisotopic (exact) mass is 468 g/mol. The van der Waals surface area contributed by atoms with E-state index in [1.54, 1.807) is 6.07 Å². The highest BCUT2D eigenvalue weighted by atomic mass is 79.9. The first-order valence-corrected chi connectivity index (χ1v) is 8.32. The largest absolute Gasteiger partial charge is 0.207 e. The van der Waals surface area contributed by atoms with Gasteiger partial charge < -0.3 is 0 Å². The SMILES string of the molecule is Cc1ccc(Br)c(C(Br)c2cc(Cl)c(Br)cc2F)c1. The van der Waals surface area contributed by atoms with Gasteiger partial charge in [-0.1, -0.05) is 61.2 Å². The molecule has 0 bridgehead atoms. The topological polar surface area (TPSA) is 0 Å². The van der Waals surface area contributed by atoms with E-state index in [0.29, 0.717) is 15.1 Å². The summed E-state index contributed by atoms with van der Waals surface area (Å²) in [5.41, 5.74) is 2.60. The molecule has 5 heteroatoms. The van der Waals surface area contributed by atoms with Gasteiger partial charge in [0, 0.05) is 14.5 Å². The third-order valence-corrected chi connectivity index (χ3v) is 5.64. The molecule has 0 aliphatic rings. The van der Waals surface area contributed by atoms with Crippen molar-refractivity contribution in [2.45, 2.75) is 11.8 Å². The van der Waals surface area contributed by atoms with Gasteiger partial charge in [-0.15, -0.1) is 0 Å². The maximum absolute atomic E-state index is 14.1. The van der Waals surface area contributed by atoms with Gasteiger partial charge in [0.1, 0.15) is 5.82 Å². The average Bonchev–Trinajstić information content (AvgIpc) is 2.36. The molecule has 0 saturated heterocycles. The lowest BCUT2D eigenvalue weighted by Crippen LogP contribution is -1.99. The molecule has 2 aromatic carbocycles. The van der Waals surface area contributed by atoms with Crippen molar-refractivity contribution in [3.8, 4) is 0 Å². The Morgan fingerprint density at radius 2 is 1.74 bits per heavy atom. The van der Waals surface area contributed by atoms with E-state index in [-0.39, 0.29) is 10.6 Å². The van der Waals surface area contributed by atoms with E-state index in [4.69, 9.17) is 11.6 Å². The Morgan fingerprint density at radius 1 is 1.05 bits per heavy atom. The molecule has 0 saturated carbocycles. The summed E-state index contributed by atoms with van der Waals surface area (Å²) in [5, 5.41) is 0.490. The molecule has 0 fully saturated rings. The number of benzene rings is 2. The maximum atomic E-state index is 14.1. The zero-order valence-corrected chi connectivity index (χ0v) is 15.4. The van der Waals surface area contributed by atoms with Crippen LogP contribution in [0.5, 0.6) is 0 Å². The second-order valence-corrected chi connectivity index (χ2v) is 7.21. The summed E-state index contributed by atoms with van der Waals surface area (Å²) < 4.78 is 15.5. The maximum Gasteiger partial charge on any atom is 0.129 e. The van der Waals surface area contributed by atoms with Crippen LogP contribution in [-0.4, -0.2) is 0 Å². The van der Waals surface area contributed by atoms with Gasteiger partial charge in [-0.25, -0.2) is 4.39 Å². The average molecular weight is 471 g/mol. The number of aryl methyl sites for hydroxylation is 1. The molecule has 1 atom stereocenters. The van der Waals surface area contributed by atoms with Gasteiger partial charge in [0.05, 0.1) is 9.85 Å². The Bertz CT molecular complexity index is 628. The first-order valence-electron chi connectivity index (χ1n) is 5.44. The molecular formula is C14H9Br3ClF. The van der Waals surface area contributed by atoms with Crippen molar-refractivity contribution >= 4 is 59.4 Å². The lowest BCUT2D eigenvalue weighted by molar-refractivity contribution is 0.612. The number of alkyl halides is 1. The molecule has 0 nitrogen and oxygen atoms in total. The predicted octanol–water partition coefficient (Wildman–Crippen LogP) is 6.80. The lowest BCUT2D eigenvalue weighted by Gasteiger charge is -2.15. The van der Waals surface area contributed by atoms with Gasteiger partial charge in [0.25, 0.3) is 0 Å². The fraction of sp³-hybridized carbons (Fsp3) is 0.143. The van der Waals surface area contributed by atoms with E-state index >= 15 is 0 Å². The van der Waals surface area contributed by atoms with Crippen molar-refractivity contribution in [3.05, 3.63) is 66.8 Å². The van der Waals surface area contributed by atoms with Crippen LogP contribution < -0.4 is 0 Å². The third kappa shape index (κ3) is 3.41. The Kier molecular flexibility index (Phi) is 5.09. The third-order valence-electron chi connectivity index (χ3n) is 2.74. The van der Waals surface area contributed by atoms with Crippen LogP contribution in [0.25, 0.3) is 0 Å². The molecule has 0 aromatic heterocycles. The van der Waals surface area contributed by atoms with Crippen LogP contribution in [-0.2, 0) is 0 Å². The van der Waals surface area contributed by atoms with Gasteiger partial charge >= 0.3 is 0 Å². The normalized spacial score (nSPS) is 12.5. The zero-order valence-electron chi connectivity index (χ0n) is 9.85. The Balaban J connectivity index is 2.52. The second kappa shape index (κ2) is 6.25. The van der Waals surface area contributed by atoms with Gasteiger partial charge in [0.15, 0.2) is 0 Å². The van der Waals surface area contributed by atoms with Crippen molar-refractivity contribution < 1.29 is 4.39 Å². The summed E-state index contributed by atoms with van der Waals surface area (Å²) in [7, 11) is 0. The smallest absolute Gasteiger partial charge is 0.129 e. The Labute approximate surface area is 141 Å². The van der Waals surface area contributed by atoms with Crippen molar-refractivity contribution in [2.24, 2.45) is 0 Å². The number of hydrogen-bond acceptors (Lipinski definition) is 0. The fourth-order valence-corrected chi connectivity index (χ4v) is 3.76. The van der Waals surface area contributed by atoms with Gasteiger partial charge in [-0.05, 0) is 46.6 Å². The van der Waals surface area contributed by atoms with Crippen molar-refractivity contribution in [3.63, 3.8) is 0 Å². The van der Waals surface area contributed by atoms with Gasteiger partial charge in [-0.3, -0.25) is 0 Å². The van der Waals surface area contributed by atoms with Crippen molar-refractivity contribution in [1.29, 1.82) is 0 Å². The first kappa shape index (κ1) is 15.5. The quantitative estimate of drug-likeness (QED) is 0.334. The molecule has 0 amide bonds. The van der Waals surface area contributed by atoms with Crippen LogP contribution in [0.15, 0.2) is 39.3 Å². The van der Waals surface area contributed by atoms with Crippen LogP contribution >= 0.6 is 59.4 Å². The molecular weight excluding hydrogens is 462 g/mol. The summed E-state index contributed by atoms with van der Waals surface area (Å²) in [6.07, 6.45) is 0. The molecule has 19 heavy (non-hydrogen) atoms. The number of halogens is 5. The molecule has 0 aliphatic heterocycles. The summed E-state index contributed by atoms with van der Waals surface area (Å²) in [5.74, 6) is -0.299.